The number of benzene rings is 3. The third-order valence-electron chi connectivity index (χ3n) is 5.32. The van der Waals surface area contributed by atoms with Crippen LogP contribution in [0.25, 0.3) is 0 Å². The summed E-state index contributed by atoms with van der Waals surface area (Å²) in [5.74, 6) is -0.0640. The number of aryl methyl sites for hydroxylation is 1. The topological polar surface area (TPSA) is 114 Å². The predicted molar refractivity (Wildman–Crippen MR) is 137 cm³/mol. The highest BCUT2D eigenvalue weighted by atomic mass is 16.5. The number of methoxy groups -OCH3 is 1. The van der Waals surface area contributed by atoms with Crippen LogP contribution in [0.1, 0.15) is 27.1 Å². The third kappa shape index (κ3) is 6.57. The zero-order chi connectivity index (χ0) is 25.3. The number of rotatable bonds is 9. The molecule has 0 atom stereocenters. The van der Waals surface area contributed by atoms with Gasteiger partial charge in [0.05, 0.1) is 13.4 Å². The highest BCUT2D eigenvalue weighted by Gasteiger charge is 2.11. The number of nitrogens with one attached hydrogen (secondary N) is 3. The number of carbonyl (C=O) groups excluding carboxylic acids is 3. The molecule has 9 heteroatoms. The second-order valence-electron chi connectivity index (χ2n) is 7.89. The molecule has 3 aromatic carbocycles. The molecule has 0 radical (unpaired) electrons. The fourth-order valence-corrected chi connectivity index (χ4v) is 3.40. The van der Waals surface area contributed by atoms with Crippen molar-refractivity contribution in [2.45, 2.75) is 13.0 Å². The Hall–Kier alpha value is -4.92. The first-order valence-electron chi connectivity index (χ1n) is 11.2. The molecule has 9 nitrogen and oxygen atoms in total. The minimum Gasteiger partial charge on any atom is -0.497 e. The van der Waals surface area contributed by atoms with E-state index in [0.717, 1.165) is 0 Å². The summed E-state index contributed by atoms with van der Waals surface area (Å²) in [6.07, 6.45) is 5.38. The fraction of sp³-hybridized carbons (Fsp3) is 0.111. The van der Waals surface area contributed by atoms with E-state index in [9.17, 15) is 14.4 Å². The highest BCUT2D eigenvalue weighted by Crippen LogP contribution is 2.18. The van der Waals surface area contributed by atoms with Gasteiger partial charge in [-0.3, -0.25) is 14.4 Å². The average Bonchev–Trinajstić information content (AvgIpc) is 3.42. The van der Waals surface area contributed by atoms with E-state index in [1.807, 2.05) is 4.57 Å². The Morgan fingerprint density at radius 1 is 0.806 bits per heavy atom. The number of hydrogen-bond acceptors (Lipinski definition) is 5. The Kier molecular flexibility index (Phi) is 7.72. The standard InChI is InChI=1S/C27H25N5O4/c1-36-24-11-9-22(10-12-24)30-26(34)19-5-7-21(8-6-19)31-27(35)20-3-2-4-23(17-20)29-25(33)13-15-32-16-14-28-18-32/h2-12,14,16-18H,13,15H2,1H3,(H,29,33)(H,30,34)(H,31,35). The number of aromatic nitrogens is 2. The first kappa shape index (κ1) is 24.2. The van der Waals surface area contributed by atoms with Gasteiger partial charge in [0.2, 0.25) is 5.91 Å². The van der Waals surface area contributed by atoms with Crippen LogP contribution in [0.5, 0.6) is 5.75 Å². The fourth-order valence-electron chi connectivity index (χ4n) is 3.40. The maximum absolute atomic E-state index is 12.7. The zero-order valence-electron chi connectivity index (χ0n) is 19.6. The third-order valence-corrected chi connectivity index (χ3v) is 5.32. The minimum absolute atomic E-state index is 0.162. The van der Waals surface area contributed by atoms with E-state index >= 15 is 0 Å². The summed E-state index contributed by atoms with van der Waals surface area (Å²) in [6, 6.07) is 20.3. The van der Waals surface area contributed by atoms with E-state index in [0.29, 0.717) is 40.5 Å². The van der Waals surface area contributed by atoms with E-state index in [2.05, 4.69) is 20.9 Å². The summed E-state index contributed by atoms with van der Waals surface area (Å²) < 4.78 is 6.93. The van der Waals surface area contributed by atoms with Crippen LogP contribution in [0.3, 0.4) is 0 Å². The van der Waals surface area contributed by atoms with Crippen molar-refractivity contribution in [3.05, 3.63) is 103 Å². The van der Waals surface area contributed by atoms with Gasteiger partial charge in [-0.15, -0.1) is 0 Å². The summed E-state index contributed by atoms with van der Waals surface area (Å²) in [5.41, 5.74) is 2.56. The molecule has 0 saturated heterocycles. The summed E-state index contributed by atoms with van der Waals surface area (Å²) in [5, 5.41) is 8.42. The number of imidazole rings is 1. The predicted octanol–water partition coefficient (Wildman–Crippen LogP) is 4.43. The van der Waals surface area contributed by atoms with Crippen molar-refractivity contribution in [2.24, 2.45) is 0 Å². The number of nitrogens with zero attached hydrogens (tertiary/aromatic N) is 2. The largest absolute Gasteiger partial charge is 0.497 e. The second-order valence-corrected chi connectivity index (χ2v) is 7.89. The molecule has 0 unspecified atom stereocenters. The maximum atomic E-state index is 12.7. The van der Waals surface area contributed by atoms with Gasteiger partial charge in [0.1, 0.15) is 5.75 Å². The molecule has 0 aliphatic rings. The smallest absolute Gasteiger partial charge is 0.255 e. The molecule has 3 N–H and O–H groups in total. The quantitative estimate of drug-likeness (QED) is 0.326. The van der Waals surface area contributed by atoms with Gasteiger partial charge in [-0.1, -0.05) is 6.07 Å². The molecule has 0 spiro atoms. The molecule has 4 aromatic rings. The van der Waals surface area contributed by atoms with Crippen molar-refractivity contribution >= 4 is 34.8 Å². The number of carbonyl (C=O) groups is 3. The van der Waals surface area contributed by atoms with Gasteiger partial charge < -0.3 is 25.3 Å². The molecular weight excluding hydrogens is 458 g/mol. The minimum atomic E-state index is -0.333. The van der Waals surface area contributed by atoms with Crippen LogP contribution in [-0.4, -0.2) is 34.4 Å². The first-order chi connectivity index (χ1) is 17.5. The molecule has 36 heavy (non-hydrogen) atoms. The van der Waals surface area contributed by atoms with Crippen molar-refractivity contribution in [3.63, 3.8) is 0 Å². The lowest BCUT2D eigenvalue weighted by Gasteiger charge is -2.10. The summed E-state index contributed by atoms with van der Waals surface area (Å²) in [4.78, 5) is 41.4. The molecular formula is C27H25N5O4. The van der Waals surface area contributed by atoms with Crippen molar-refractivity contribution in [1.29, 1.82) is 0 Å². The van der Waals surface area contributed by atoms with Crippen LogP contribution < -0.4 is 20.7 Å². The average molecular weight is 484 g/mol. The van der Waals surface area contributed by atoms with E-state index < -0.39 is 0 Å². The first-order valence-corrected chi connectivity index (χ1v) is 11.2. The van der Waals surface area contributed by atoms with Gasteiger partial charge in [0, 0.05) is 53.5 Å². The van der Waals surface area contributed by atoms with Gasteiger partial charge in [0.15, 0.2) is 0 Å². The molecule has 182 valence electrons. The van der Waals surface area contributed by atoms with E-state index in [-0.39, 0.29) is 24.1 Å². The van der Waals surface area contributed by atoms with E-state index in [1.165, 1.54) is 0 Å². The number of anilines is 3. The van der Waals surface area contributed by atoms with Crippen molar-refractivity contribution in [1.82, 2.24) is 9.55 Å². The van der Waals surface area contributed by atoms with E-state index in [4.69, 9.17) is 4.74 Å². The van der Waals surface area contributed by atoms with Crippen molar-refractivity contribution < 1.29 is 19.1 Å². The van der Waals surface area contributed by atoms with E-state index in [1.54, 1.807) is 98.6 Å². The highest BCUT2D eigenvalue weighted by molar-refractivity contribution is 6.07. The Balaban J connectivity index is 1.31. The molecule has 3 amide bonds. The molecule has 1 heterocycles. The molecule has 0 fully saturated rings. The molecule has 0 aliphatic heterocycles. The molecule has 4 rings (SSSR count). The molecule has 0 aliphatic carbocycles. The summed E-state index contributed by atoms with van der Waals surface area (Å²) in [7, 11) is 1.58. The lowest BCUT2D eigenvalue weighted by molar-refractivity contribution is -0.116. The zero-order valence-corrected chi connectivity index (χ0v) is 19.6. The number of amides is 3. The number of hydrogen-bond donors (Lipinski definition) is 3. The Bertz CT molecular complexity index is 1330. The molecule has 1 aromatic heterocycles. The molecule has 0 saturated carbocycles. The SMILES string of the molecule is COc1ccc(NC(=O)c2ccc(NC(=O)c3cccc(NC(=O)CCn4ccnc4)c3)cc2)cc1. The summed E-state index contributed by atoms with van der Waals surface area (Å²) >= 11 is 0. The second kappa shape index (κ2) is 11.5. The lowest BCUT2D eigenvalue weighted by atomic mass is 10.1. The van der Waals surface area contributed by atoms with Crippen LogP contribution >= 0.6 is 0 Å². The van der Waals surface area contributed by atoms with Crippen LogP contribution in [0.4, 0.5) is 17.1 Å². The monoisotopic (exact) mass is 483 g/mol. The van der Waals surface area contributed by atoms with Crippen LogP contribution in [0, 0.1) is 0 Å². The van der Waals surface area contributed by atoms with Gasteiger partial charge in [0.25, 0.3) is 11.8 Å². The Labute approximate surface area is 208 Å². The maximum Gasteiger partial charge on any atom is 0.255 e. The molecule has 0 bridgehead atoms. The van der Waals surface area contributed by atoms with Crippen LogP contribution in [0.2, 0.25) is 0 Å². The van der Waals surface area contributed by atoms with Crippen molar-refractivity contribution in [3.8, 4) is 5.75 Å². The van der Waals surface area contributed by atoms with Crippen LogP contribution in [-0.2, 0) is 11.3 Å². The number of ether oxygens (including phenoxy) is 1. The summed E-state index contributed by atoms with van der Waals surface area (Å²) in [6.45, 7) is 0.514. The van der Waals surface area contributed by atoms with Crippen molar-refractivity contribution in [2.75, 3.05) is 23.1 Å². The van der Waals surface area contributed by atoms with Crippen LogP contribution in [0.15, 0.2) is 91.5 Å². The van der Waals surface area contributed by atoms with Gasteiger partial charge in [-0.25, -0.2) is 4.98 Å². The normalized spacial score (nSPS) is 10.4. The van der Waals surface area contributed by atoms with Gasteiger partial charge in [-0.05, 0) is 66.7 Å². The Morgan fingerprint density at radius 3 is 2.11 bits per heavy atom. The Morgan fingerprint density at radius 2 is 1.47 bits per heavy atom. The van der Waals surface area contributed by atoms with Gasteiger partial charge in [-0.2, -0.15) is 0 Å². The lowest BCUT2D eigenvalue weighted by Crippen LogP contribution is -2.16. The van der Waals surface area contributed by atoms with Gasteiger partial charge >= 0.3 is 0 Å².